The zero-order valence-corrected chi connectivity index (χ0v) is 16.4. The summed E-state index contributed by atoms with van der Waals surface area (Å²) in [5.74, 6) is 2.09. The number of nitrogens with zero attached hydrogens (tertiary/aromatic N) is 1. The van der Waals surface area contributed by atoms with E-state index in [4.69, 9.17) is 9.47 Å². The van der Waals surface area contributed by atoms with E-state index >= 15 is 0 Å². The largest absolute Gasteiger partial charge is 0.381 e. The number of hydrogen-bond acceptors (Lipinski definition) is 3. The van der Waals surface area contributed by atoms with Crippen molar-refractivity contribution in [3.8, 4) is 0 Å². The van der Waals surface area contributed by atoms with Gasteiger partial charge in [0.2, 0.25) is 0 Å². The maximum Gasteiger partial charge on any atom is 0.190 e. The normalized spacial score (nSPS) is 17.1. The second kappa shape index (κ2) is 12.7. The Labute approximate surface area is 158 Å². The highest BCUT2D eigenvalue weighted by molar-refractivity contribution is 5.79. The summed E-state index contributed by atoms with van der Waals surface area (Å²) in [6, 6.07) is 10.7. The molecule has 1 saturated heterocycles. The highest BCUT2D eigenvalue weighted by Gasteiger charge is 2.13. The molecular formula is C21H35N3O2. The van der Waals surface area contributed by atoms with Gasteiger partial charge in [-0.2, -0.15) is 0 Å². The quantitative estimate of drug-likeness (QED) is 0.382. The first-order chi connectivity index (χ1) is 12.8. The molecule has 0 amide bonds. The summed E-state index contributed by atoms with van der Waals surface area (Å²) in [7, 11) is 1.82. The molecule has 5 heteroatoms. The van der Waals surface area contributed by atoms with Crippen LogP contribution in [0.15, 0.2) is 35.3 Å². The van der Waals surface area contributed by atoms with Crippen LogP contribution in [0.5, 0.6) is 0 Å². The molecule has 1 aromatic rings. The van der Waals surface area contributed by atoms with Crippen LogP contribution in [-0.4, -0.2) is 52.5 Å². The smallest absolute Gasteiger partial charge is 0.190 e. The molecule has 1 aliphatic rings. The molecular weight excluding hydrogens is 326 g/mol. The van der Waals surface area contributed by atoms with Crippen LogP contribution in [-0.2, 0) is 9.47 Å². The fourth-order valence-electron chi connectivity index (χ4n) is 3.12. The van der Waals surface area contributed by atoms with Gasteiger partial charge >= 0.3 is 0 Å². The number of ether oxygens (including phenoxy) is 2. The van der Waals surface area contributed by atoms with Crippen LogP contribution < -0.4 is 10.6 Å². The molecule has 1 aromatic carbocycles. The van der Waals surface area contributed by atoms with Crippen molar-refractivity contribution in [3.63, 3.8) is 0 Å². The number of hydrogen-bond donors (Lipinski definition) is 2. The Bertz CT molecular complexity index is 501. The third kappa shape index (κ3) is 8.19. The van der Waals surface area contributed by atoms with Crippen molar-refractivity contribution in [3.05, 3.63) is 35.9 Å². The van der Waals surface area contributed by atoms with Crippen LogP contribution in [0, 0.1) is 5.92 Å². The lowest BCUT2D eigenvalue weighted by Crippen LogP contribution is -2.38. The topological polar surface area (TPSA) is 54.9 Å². The monoisotopic (exact) mass is 361 g/mol. The van der Waals surface area contributed by atoms with Gasteiger partial charge in [-0.15, -0.1) is 0 Å². The van der Waals surface area contributed by atoms with E-state index in [0.717, 1.165) is 71.2 Å². The Hall–Kier alpha value is -1.59. The average molecular weight is 362 g/mol. The molecule has 1 aliphatic heterocycles. The van der Waals surface area contributed by atoms with Gasteiger partial charge in [-0.3, -0.25) is 4.99 Å². The Morgan fingerprint density at radius 2 is 1.92 bits per heavy atom. The summed E-state index contributed by atoms with van der Waals surface area (Å²) in [6.07, 6.45) is 4.34. The summed E-state index contributed by atoms with van der Waals surface area (Å²) in [4.78, 5) is 4.29. The van der Waals surface area contributed by atoms with Gasteiger partial charge in [0, 0.05) is 46.6 Å². The molecule has 1 atom stereocenters. The molecule has 26 heavy (non-hydrogen) atoms. The van der Waals surface area contributed by atoms with E-state index in [2.05, 4.69) is 52.9 Å². The van der Waals surface area contributed by atoms with Gasteiger partial charge in [-0.1, -0.05) is 37.3 Å². The van der Waals surface area contributed by atoms with Crippen molar-refractivity contribution >= 4 is 5.96 Å². The van der Waals surface area contributed by atoms with Gasteiger partial charge in [-0.25, -0.2) is 0 Å². The van der Waals surface area contributed by atoms with Crippen LogP contribution in [0.4, 0.5) is 0 Å². The minimum atomic E-state index is 0.542. The van der Waals surface area contributed by atoms with Crippen molar-refractivity contribution in [1.29, 1.82) is 0 Å². The molecule has 0 saturated carbocycles. The molecule has 1 unspecified atom stereocenters. The summed E-state index contributed by atoms with van der Waals surface area (Å²) in [5.41, 5.74) is 1.39. The molecule has 146 valence electrons. The number of rotatable bonds is 10. The van der Waals surface area contributed by atoms with Crippen LogP contribution >= 0.6 is 0 Å². The first-order valence-electron chi connectivity index (χ1n) is 9.94. The Morgan fingerprint density at radius 1 is 1.19 bits per heavy atom. The molecule has 0 aromatic heterocycles. The number of aliphatic imine (C=N–C) groups is 1. The summed E-state index contributed by atoms with van der Waals surface area (Å²) >= 11 is 0. The van der Waals surface area contributed by atoms with Gasteiger partial charge < -0.3 is 20.1 Å². The summed E-state index contributed by atoms with van der Waals surface area (Å²) in [5, 5.41) is 6.76. The minimum Gasteiger partial charge on any atom is -0.381 e. The zero-order valence-electron chi connectivity index (χ0n) is 16.4. The lowest BCUT2D eigenvalue weighted by molar-refractivity contribution is 0.0203. The standard InChI is InChI=1S/C21H35N3O2/c1-18(20-7-4-3-5-8-20)9-13-24-21(22-2)23-12-6-14-26-17-19-10-15-25-16-11-19/h3-5,7-8,18-19H,6,9-17H2,1-2H3,(H2,22,23,24). The van der Waals surface area contributed by atoms with Crippen LogP contribution in [0.1, 0.15) is 44.1 Å². The molecule has 2 N–H and O–H groups in total. The van der Waals surface area contributed by atoms with E-state index in [1.807, 2.05) is 7.05 Å². The molecule has 2 rings (SSSR count). The Morgan fingerprint density at radius 3 is 2.65 bits per heavy atom. The van der Waals surface area contributed by atoms with Crippen molar-refractivity contribution in [2.45, 2.75) is 38.5 Å². The third-order valence-corrected chi connectivity index (χ3v) is 4.91. The molecule has 0 spiro atoms. The molecule has 0 aliphatic carbocycles. The van der Waals surface area contributed by atoms with Crippen LogP contribution in [0.3, 0.4) is 0 Å². The second-order valence-electron chi connectivity index (χ2n) is 7.01. The van der Waals surface area contributed by atoms with Crippen molar-refractivity contribution in [2.75, 3.05) is 46.6 Å². The predicted molar refractivity (Wildman–Crippen MR) is 108 cm³/mol. The molecule has 0 bridgehead atoms. The third-order valence-electron chi connectivity index (χ3n) is 4.91. The molecule has 1 heterocycles. The van der Waals surface area contributed by atoms with E-state index in [-0.39, 0.29) is 0 Å². The van der Waals surface area contributed by atoms with Crippen LogP contribution in [0.2, 0.25) is 0 Å². The average Bonchev–Trinajstić information content (AvgIpc) is 2.70. The van der Waals surface area contributed by atoms with Crippen molar-refractivity contribution < 1.29 is 9.47 Å². The summed E-state index contributed by atoms with van der Waals surface area (Å²) in [6.45, 7) is 7.50. The number of nitrogens with one attached hydrogen (secondary N) is 2. The highest BCUT2D eigenvalue weighted by atomic mass is 16.5. The lowest BCUT2D eigenvalue weighted by Gasteiger charge is -2.21. The van der Waals surface area contributed by atoms with Crippen molar-refractivity contribution in [1.82, 2.24) is 10.6 Å². The Kier molecular flexibility index (Phi) is 10.1. The van der Waals surface area contributed by atoms with Crippen LogP contribution in [0.25, 0.3) is 0 Å². The van der Waals surface area contributed by atoms with E-state index in [1.54, 1.807) is 0 Å². The van der Waals surface area contributed by atoms with E-state index in [1.165, 1.54) is 5.56 Å². The molecule has 5 nitrogen and oxygen atoms in total. The molecule has 0 radical (unpaired) electrons. The lowest BCUT2D eigenvalue weighted by atomic mass is 9.98. The summed E-state index contributed by atoms with van der Waals surface area (Å²) < 4.78 is 11.2. The maximum atomic E-state index is 5.79. The number of guanidine groups is 1. The zero-order chi connectivity index (χ0) is 18.5. The minimum absolute atomic E-state index is 0.542. The number of benzene rings is 1. The van der Waals surface area contributed by atoms with Gasteiger partial charge in [0.1, 0.15) is 0 Å². The Balaban J connectivity index is 1.49. The maximum absolute atomic E-state index is 5.79. The first kappa shape index (κ1) is 20.7. The van der Waals surface area contributed by atoms with Gasteiger partial charge in [0.25, 0.3) is 0 Å². The fourth-order valence-corrected chi connectivity index (χ4v) is 3.12. The van der Waals surface area contributed by atoms with E-state index in [9.17, 15) is 0 Å². The van der Waals surface area contributed by atoms with Gasteiger partial charge in [-0.05, 0) is 43.1 Å². The highest BCUT2D eigenvalue weighted by Crippen LogP contribution is 2.17. The van der Waals surface area contributed by atoms with Gasteiger partial charge in [0.15, 0.2) is 5.96 Å². The fraction of sp³-hybridized carbons (Fsp3) is 0.667. The predicted octanol–water partition coefficient (Wildman–Crippen LogP) is 3.18. The molecule has 1 fully saturated rings. The van der Waals surface area contributed by atoms with E-state index < -0.39 is 0 Å². The SMILES string of the molecule is CN=C(NCCCOCC1CCOCC1)NCCC(C)c1ccccc1. The first-order valence-corrected chi connectivity index (χ1v) is 9.94. The second-order valence-corrected chi connectivity index (χ2v) is 7.01. The van der Waals surface area contributed by atoms with Gasteiger partial charge in [0.05, 0.1) is 0 Å². The van der Waals surface area contributed by atoms with Crippen molar-refractivity contribution in [2.24, 2.45) is 10.9 Å². The van der Waals surface area contributed by atoms with E-state index in [0.29, 0.717) is 11.8 Å².